The van der Waals surface area contributed by atoms with E-state index in [2.05, 4.69) is 21.8 Å². The van der Waals surface area contributed by atoms with Crippen LogP contribution < -0.4 is 4.90 Å². The Morgan fingerprint density at radius 2 is 2.19 bits per heavy atom. The molecule has 16 heavy (non-hydrogen) atoms. The zero-order valence-corrected chi connectivity index (χ0v) is 10.6. The predicted octanol–water partition coefficient (Wildman–Crippen LogP) is 2.08. The Hall–Kier alpha value is -0.870. The maximum Gasteiger partial charge on any atom is 0.147 e. The molecule has 0 saturated heterocycles. The lowest BCUT2D eigenvalue weighted by Gasteiger charge is -2.21. The maximum atomic E-state index is 5.73. The highest BCUT2D eigenvalue weighted by atomic mass is 35.5. The fraction of sp³-hybridized carbons (Fsp3) is 0.636. The Morgan fingerprint density at radius 3 is 2.81 bits per heavy atom. The van der Waals surface area contributed by atoms with Gasteiger partial charge in [-0.2, -0.15) is 0 Å². The van der Waals surface area contributed by atoms with Crippen LogP contribution in [0.2, 0.25) is 0 Å². The predicted molar refractivity (Wildman–Crippen MR) is 66.0 cm³/mol. The molecule has 0 aliphatic heterocycles. The van der Waals surface area contributed by atoms with Crippen molar-refractivity contribution in [2.45, 2.75) is 19.7 Å². The lowest BCUT2D eigenvalue weighted by molar-refractivity contribution is 0.154. The first-order valence-electron chi connectivity index (χ1n) is 5.51. The molecule has 1 rings (SSSR count). The molecule has 0 unspecified atom stereocenters. The third-order valence-electron chi connectivity index (χ3n) is 2.22. The molecule has 0 bridgehead atoms. The number of aromatic nitrogens is 2. The number of likely N-dealkylation sites (N-methyl/N-ethyl adjacent to an activating group) is 1. The summed E-state index contributed by atoms with van der Waals surface area (Å²) in [6.07, 6.45) is 3.44. The zero-order valence-electron chi connectivity index (χ0n) is 9.82. The number of anilines is 1. The van der Waals surface area contributed by atoms with Crippen LogP contribution in [0.5, 0.6) is 0 Å². The number of halogens is 1. The first-order chi connectivity index (χ1) is 7.81. The molecular weight excluding hydrogens is 226 g/mol. The van der Waals surface area contributed by atoms with Crippen LogP contribution in [0, 0.1) is 0 Å². The van der Waals surface area contributed by atoms with Crippen molar-refractivity contribution in [1.29, 1.82) is 0 Å². The number of ether oxygens (including phenoxy) is 1. The molecule has 0 aliphatic carbocycles. The second-order valence-electron chi connectivity index (χ2n) is 3.28. The van der Waals surface area contributed by atoms with Crippen LogP contribution in [-0.4, -0.2) is 36.3 Å². The lowest BCUT2D eigenvalue weighted by Crippen LogP contribution is -2.28. The van der Waals surface area contributed by atoms with Crippen molar-refractivity contribution in [3.05, 3.63) is 18.1 Å². The molecule has 0 atom stereocenters. The van der Waals surface area contributed by atoms with E-state index in [9.17, 15) is 0 Å². The van der Waals surface area contributed by atoms with Gasteiger partial charge in [0, 0.05) is 25.9 Å². The summed E-state index contributed by atoms with van der Waals surface area (Å²) in [6, 6.07) is 0. The SMILES string of the molecule is CCOCCN(CC)c1cncc(CCl)n1. The standard InChI is InChI=1S/C11H18ClN3O/c1-3-15(5-6-16-4-2)11-9-13-8-10(7-12)14-11/h8-9H,3-7H2,1-2H3. The van der Waals surface area contributed by atoms with Gasteiger partial charge in [-0.15, -0.1) is 11.6 Å². The summed E-state index contributed by atoms with van der Waals surface area (Å²) in [5, 5.41) is 0. The number of nitrogens with zero attached hydrogens (tertiary/aromatic N) is 3. The van der Waals surface area contributed by atoms with Gasteiger partial charge in [-0.05, 0) is 13.8 Å². The molecular formula is C11H18ClN3O. The highest BCUT2D eigenvalue weighted by Gasteiger charge is 2.06. The fourth-order valence-electron chi connectivity index (χ4n) is 1.37. The van der Waals surface area contributed by atoms with Gasteiger partial charge in [-0.25, -0.2) is 4.98 Å². The molecule has 90 valence electrons. The average Bonchev–Trinajstić information content (AvgIpc) is 2.35. The number of hydrogen-bond acceptors (Lipinski definition) is 4. The number of hydrogen-bond donors (Lipinski definition) is 0. The van der Waals surface area contributed by atoms with Crippen molar-refractivity contribution in [1.82, 2.24) is 9.97 Å². The van der Waals surface area contributed by atoms with E-state index in [1.54, 1.807) is 12.4 Å². The van der Waals surface area contributed by atoms with Crippen molar-refractivity contribution in [2.75, 3.05) is 31.2 Å². The fourth-order valence-corrected chi connectivity index (χ4v) is 1.49. The minimum absolute atomic E-state index is 0.393. The van der Waals surface area contributed by atoms with Gasteiger partial charge in [0.2, 0.25) is 0 Å². The van der Waals surface area contributed by atoms with E-state index in [1.807, 2.05) is 6.92 Å². The lowest BCUT2D eigenvalue weighted by atomic mass is 10.4. The summed E-state index contributed by atoms with van der Waals surface area (Å²) >= 11 is 5.73. The highest BCUT2D eigenvalue weighted by molar-refractivity contribution is 6.16. The number of alkyl halides is 1. The molecule has 0 radical (unpaired) electrons. The van der Waals surface area contributed by atoms with E-state index in [4.69, 9.17) is 16.3 Å². The second kappa shape index (κ2) is 7.41. The Kier molecular flexibility index (Phi) is 6.11. The Bertz CT molecular complexity index is 309. The van der Waals surface area contributed by atoms with Crippen LogP contribution in [0.15, 0.2) is 12.4 Å². The minimum atomic E-state index is 0.393. The van der Waals surface area contributed by atoms with E-state index in [1.165, 1.54) is 0 Å². The van der Waals surface area contributed by atoms with Gasteiger partial charge in [0.1, 0.15) is 5.82 Å². The van der Waals surface area contributed by atoms with Gasteiger partial charge in [0.15, 0.2) is 0 Å². The molecule has 0 aromatic carbocycles. The van der Waals surface area contributed by atoms with Gasteiger partial charge in [-0.3, -0.25) is 4.98 Å². The molecule has 0 saturated carbocycles. The van der Waals surface area contributed by atoms with Gasteiger partial charge >= 0.3 is 0 Å². The minimum Gasteiger partial charge on any atom is -0.380 e. The molecule has 4 nitrogen and oxygen atoms in total. The average molecular weight is 244 g/mol. The first kappa shape index (κ1) is 13.2. The van der Waals surface area contributed by atoms with Crippen molar-refractivity contribution < 1.29 is 4.74 Å². The molecule has 0 spiro atoms. The summed E-state index contributed by atoms with van der Waals surface area (Å²) in [7, 11) is 0. The van der Waals surface area contributed by atoms with Crippen LogP contribution in [0.3, 0.4) is 0 Å². The smallest absolute Gasteiger partial charge is 0.147 e. The van der Waals surface area contributed by atoms with Gasteiger partial charge in [0.05, 0.1) is 24.4 Å². The van der Waals surface area contributed by atoms with Crippen LogP contribution in [-0.2, 0) is 10.6 Å². The molecule has 0 aliphatic rings. The summed E-state index contributed by atoms with van der Waals surface area (Å²) < 4.78 is 5.33. The van der Waals surface area contributed by atoms with Crippen LogP contribution >= 0.6 is 11.6 Å². The molecule has 0 amide bonds. The summed E-state index contributed by atoms with van der Waals surface area (Å²) in [4.78, 5) is 10.7. The maximum absolute atomic E-state index is 5.73. The third kappa shape index (κ3) is 3.94. The van der Waals surface area contributed by atoms with Crippen LogP contribution in [0.4, 0.5) is 5.82 Å². The Balaban J connectivity index is 2.62. The molecule has 1 heterocycles. The molecule has 1 aromatic heterocycles. The largest absolute Gasteiger partial charge is 0.380 e. The quantitative estimate of drug-likeness (QED) is 0.543. The highest BCUT2D eigenvalue weighted by Crippen LogP contribution is 2.10. The van der Waals surface area contributed by atoms with E-state index in [-0.39, 0.29) is 0 Å². The Labute approximate surface area is 102 Å². The van der Waals surface area contributed by atoms with Crippen molar-refractivity contribution in [3.63, 3.8) is 0 Å². The third-order valence-corrected chi connectivity index (χ3v) is 2.50. The first-order valence-corrected chi connectivity index (χ1v) is 6.04. The Morgan fingerprint density at radius 1 is 1.38 bits per heavy atom. The summed E-state index contributed by atoms with van der Waals surface area (Å²) in [5.41, 5.74) is 0.800. The van der Waals surface area contributed by atoms with E-state index >= 15 is 0 Å². The second-order valence-corrected chi connectivity index (χ2v) is 3.55. The molecule has 5 heteroatoms. The van der Waals surface area contributed by atoms with E-state index < -0.39 is 0 Å². The van der Waals surface area contributed by atoms with Crippen molar-refractivity contribution in [2.24, 2.45) is 0 Å². The van der Waals surface area contributed by atoms with E-state index in [0.717, 1.165) is 31.2 Å². The zero-order chi connectivity index (χ0) is 11.8. The monoisotopic (exact) mass is 243 g/mol. The van der Waals surface area contributed by atoms with Crippen molar-refractivity contribution in [3.8, 4) is 0 Å². The summed E-state index contributed by atoms with van der Waals surface area (Å²) in [5.74, 6) is 1.25. The van der Waals surface area contributed by atoms with E-state index in [0.29, 0.717) is 12.5 Å². The summed E-state index contributed by atoms with van der Waals surface area (Å²) in [6.45, 7) is 7.23. The topological polar surface area (TPSA) is 38.2 Å². The molecule has 0 fully saturated rings. The van der Waals surface area contributed by atoms with Crippen molar-refractivity contribution >= 4 is 17.4 Å². The molecule has 1 aromatic rings. The van der Waals surface area contributed by atoms with Gasteiger partial charge in [0.25, 0.3) is 0 Å². The van der Waals surface area contributed by atoms with Crippen LogP contribution in [0.1, 0.15) is 19.5 Å². The number of rotatable bonds is 7. The van der Waals surface area contributed by atoms with Crippen LogP contribution in [0.25, 0.3) is 0 Å². The normalized spacial score (nSPS) is 10.4. The van der Waals surface area contributed by atoms with Gasteiger partial charge in [-0.1, -0.05) is 0 Å². The van der Waals surface area contributed by atoms with Gasteiger partial charge < -0.3 is 9.64 Å². The molecule has 0 N–H and O–H groups in total.